The molecule has 0 amide bonds. The van der Waals surface area contributed by atoms with E-state index in [4.69, 9.17) is 4.74 Å². The zero-order chi connectivity index (χ0) is 15.8. The molecule has 3 heteroatoms. The molecule has 0 spiro atoms. The van der Waals surface area contributed by atoms with Gasteiger partial charge < -0.3 is 15.2 Å². The SMILES string of the molecule is COc1ccccc1/C=C/CNCC(O)c1cccc(C)c1. The van der Waals surface area contributed by atoms with E-state index in [0.717, 1.165) is 22.4 Å². The van der Waals surface area contributed by atoms with E-state index < -0.39 is 6.10 Å². The Balaban J connectivity index is 1.80. The van der Waals surface area contributed by atoms with Crippen molar-refractivity contribution in [3.05, 3.63) is 71.3 Å². The Hall–Kier alpha value is -2.10. The smallest absolute Gasteiger partial charge is 0.126 e. The number of ether oxygens (including phenoxy) is 1. The molecule has 2 aromatic rings. The number of hydrogen-bond acceptors (Lipinski definition) is 3. The van der Waals surface area contributed by atoms with Crippen molar-refractivity contribution in [1.29, 1.82) is 0 Å². The van der Waals surface area contributed by atoms with Crippen molar-refractivity contribution in [3.8, 4) is 5.75 Å². The quantitative estimate of drug-likeness (QED) is 0.770. The van der Waals surface area contributed by atoms with Crippen molar-refractivity contribution in [3.63, 3.8) is 0 Å². The molecule has 0 saturated heterocycles. The number of methoxy groups -OCH3 is 1. The van der Waals surface area contributed by atoms with Gasteiger partial charge in [0.05, 0.1) is 13.2 Å². The summed E-state index contributed by atoms with van der Waals surface area (Å²) in [5.74, 6) is 0.860. The molecular weight excluding hydrogens is 274 g/mol. The largest absolute Gasteiger partial charge is 0.496 e. The molecule has 0 fully saturated rings. The highest BCUT2D eigenvalue weighted by molar-refractivity contribution is 5.57. The van der Waals surface area contributed by atoms with Crippen LogP contribution < -0.4 is 10.1 Å². The van der Waals surface area contributed by atoms with Crippen LogP contribution in [-0.4, -0.2) is 25.3 Å². The molecule has 2 N–H and O–H groups in total. The van der Waals surface area contributed by atoms with Crippen LogP contribution in [0.2, 0.25) is 0 Å². The van der Waals surface area contributed by atoms with E-state index in [1.807, 2.05) is 67.6 Å². The second-order valence-corrected chi connectivity index (χ2v) is 5.23. The van der Waals surface area contributed by atoms with Gasteiger partial charge in [0.1, 0.15) is 5.75 Å². The highest BCUT2D eigenvalue weighted by atomic mass is 16.5. The highest BCUT2D eigenvalue weighted by Crippen LogP contribution is 2.18. The zero-order valence-electron chi connectivity index (χ0n) is 13.1. The van der Waals surface area contributed by atoms with E-state index in [9.17, 15) is 5.11 Å². The van der Waals surface area contributed by atoms with Crippen LogP contribution in [0.3, 0.4) is 0 Å². The molecule has 0 saturated carbocycles. The number of nitrogens with one attached hydrogen (secondary N) is 1. The molecule has 3 nitrogen and oxygen atoms in total. The molecule has 0 aliphatic carbocycles. The minimum Gasteiger partial charge on any atom is -0.496 e. The fourth-order valence-electron chi connectivity index (χ4n) is 2.29. The van der Waals surface area contributed by atoms with E-state index in [2.05, 4.69) is 5.32 Å². The van der Waals surface area contributed by atoms with E-state index >= 15 is 0 Å². The van der Waals surface area contributed by atoms with Crippen molar-refractivity contribution in [1.82, 2.24) is 5.32 Å². The standard InChI is InChI=1S/C19H23NO2/c1-15-7-5-9-17(13-15)18(21)14-20-12-6-10-16-8-3-4-11-19(16)22-2/h3-11,13,18,20-21H,12,14H2,1-2H3/b10-6+. The molecule has 116 valence electrons. The molecule has 0 heterocycles. The summed E-state index contributed by atoms with van der Waals surface area (Å²) in [4.78, 5) is 0. The van der Waals surface area contributed by atoms with Crippen molar-refractivity contribution in [2.45, 2.75) is 13.0 Å². The minimum absolute atomic E-state index is 0.487. The van der Waals surface area contributed by atoms with Gasteiger partial charge in [-0.15, -0.1) is 0 Å². The maximum atomic E-state index is 10.1. The summed E-state index contributed by atoms with van der Waals surface area (Å²) < 4.78 is 5.30. The van der Waals surface area contributed by atoms with Gasteiger partial charge in [-0.2, -0.15) is 0 Å². The average Bonchev–Trinajstić information content (AvgIpc) is 2.54. The summed E-state index contributed by atoms with van der Waals surface area (Å²) in [5.41, 5.74) is 3.15. The number of aryl methyl sites for hydroxylation is 1. The van der Waals surface area contributed by atoms with Crippen LogP contribution in [0, 0.1) is 6.92 Å². The summed E-state index contributed by atoms with van der Waals surface area (Å²) in [6.07, 6.45) is 3.56. The zero-order valence-corrected chi connectivity index (χ0v) is 13.1. The van der Waals surface area contributed by atoms with E-state index in [1.165, 1.54) is 0 Å². The van der Waals surface area contributed by atoms with Crippen LogP contribution in [0.1, 0.15) is 22.8 Å². The second-order valence-electron chi connectivity index (χ2n) is 5.23. The Morgan fingerprint density at radius 1 is 1.18 bits per heavy atom. The molecule has 2 aromatic carbocycles. The first-order valence-corrected chi connectivity index (χ1v) is 7.45. The van der Waals surface area contributed by atoms with Crippen molar-refractivity contribution >= 4 is 6.08 Å². The van der Waals surface area contributed by atoms with Crippen LogP contribution in [0.4, 0.5) is 0 Å². The lowest BCUT2D eigenvalue weighted by molar-refractivity contribution is 0.176. The van der Waals surface area contributed by atoms with Crippen LogP contribution in [0.25, 0.3) is 6.08 Å². The van der Waals surface area contributed by atoms with Gasteiger partial charge in [-0.05, 0) is 18.6 Å². The van der Waals surface area contributed by atoms with E-state index in [0.29, 0.717) is 13.1 Å². The lowest BCUT2D eigenvalue weighted by Gasteiger charge is -2.12. The number of aliphatic hydroxyl groups is 1. The Labute approximate surface area is 132 Å². The maximum absolute atomic E-state index is 10.1. The third-order valence-corrected chi connectivity index (χ3v) is 3.46. The molecule has 0 aliphatic rings. The van der Waals surface area contributed by atoms with Gasteiger partial charge in [0.25, 0.3) is 0 Å². The summed E-state index contributed by atoms with van der Waals surface area (Å²) in [6, 6.07) is 15.8. The molecule has 0 aromatic heterocycles. The molecule has 2 rings (SSSR count). The summed E-state index contributed by atoms with van der Waals surface area (Å²) in [6.45, 7) is 3.25. The van der Waals surface area contributed by atoms with Crippen molar-refractivity contribution in [2.75, 3.05) is 20.2 Å². The summed E-state index contributed by atoms with van der Waals surface area (Å²) >= 11 is 0. The normalized spacial score (nSPS) is 12.5. The van der Waals surface area contributed by atoms with Gasteiger partial charge in [0.15, 0.2) is 0 Å². The van der Waals surface area contributed by atoms with Crippen LogP contribution in [-0.2, 0) is 0 Å². The van der Waals surface area contributed by atoms with Crippen LogP contribution in [0.5, 0.6) is 5.75 Å². The predicted molar refractivity (Wildman–Crippen MR) is 91.0 cm³/mol. The number of para-hydroxylation sites is 1. The van der Waals surface area contributed by atoms with E-state index in [1.54, 1.807) is 7.11 Å². The van der Waals surface area contributed by atoms with Crippen LogP contribution in [0.15, 0.2) is 54.6 Å². The average molecular weight is 297 g/mol. The van der Waals surface area contributed by atoms with E-state index in [-0.39, 0.29) is 0 Å². The molecule has 0 aliphatic heterocycles. The Morgan fingerprint density at radius 3 is 2.77 bits per heavy atom. The Morgan fingerprint density at radius 2 is 2.00 bits per heavy atom. The highest BCUT2D eigenvalue weighted by Gasteiger charge is 2.05. The number of benzene rings is 2. The molecule has 1 atom stereocenters. The topological polar surface area (TPSA) is 41.5 Å². The van der Waals surface area contributed by atoms with Gasteiger partial charge in [0.2, 0.25) is 0 Å². The van der Waals surface area contributed by atoms with Crippen LogP contribution >= 0.6 is 0 Å². The molecule has 0 bridgehead atoms. The lowest BCUT2D eigenvalue weighted by Crippen LogP contribution is -2.21. The Kier molecular flexibility index (Phi) is 6.19. The summed E-state index contributed by atoms with van der Waals surface area (Å²) in [7, 11) is 1.67. The predicted octanol–water partition coefficient (Wildman–Crippen LogP) is 3.34. The minimum atomic E-state index is -0.487. The number of hydrogen-bond donors (Lipinski definition) is 2. The van der Waals surface area contributed by atoms with Gasteiger partial charge in [0, 0.05) is 18.7 Å². The number of rotatable bonds is 7. The molecule has 0 radical (unpaired) electrons. The maximum Gasteiger partial charge on any atom is 0.126 e. The molecular formula is C19H23NO2. The second kappa shape index (κ2) is 8.37. The summed E-state index contributed by atoms with van der Waals surface area (Å²) in [5, 5.41) is 13.4. The fourth-order valence-corrected chi connectivity index (χ4v) is 2.29. The monoisotopic (exact) mass is 297 g/mol. The first-order valence-electron chi connectivity index (χ1n) is 7.45. The van der Waals surface area contributed by atoms with Gasteiger partial charge in [-0.1, -0.05) is 60.2 Å². The fraction of sp³-hybridized carbons (Fsp3) is 0.263. The van der Waals surface area contributed by atoms with Gasteiger partial charge >= 0.3 is 0 Å². The molecule has 22 heavy (non-hydrogen) atoms. The number of aliphatic hydroxyl groups excluding tert-OH is 1. The lowest BCUT2D eigenvalue weighted by atomic mass is 10.1. The molecule has 1 unspecified atom stereocenters. The van der Waals surface area contributed by atoms with Gasteiger partial charge in [-0.25, -0.2) is 0 Å². The first-order chi connectivity index (χ1) is 10.7. The Bertz CT molecular complexity index is 622. The third-order valence-electron chi connectivity index (χ3n) is 3.46. The van der Waals surface area contributed by atoms with Crippen molar-refractivity contribution < 1.29 is 9.84 Å². The van der Waals surface area contributed by atoms with Crippen molar-refractivity contribution in [2.24, 2.45) is 0 Å². The van der Waals surface area contributed by atoms with Gasteiger partial charge in [-0.3, -0.25) is 0 Å². The first kappa shape index (κ1) is 16.3. The third kappa shape index (κ3) is 4.72.